The number of piperidine rings is 1. The summed E-state index contributed by atoms with van der Waals surface area (Å²) >= 11 is 1.52. The van der Waals surface area contributed by atoms with Gasteiger partial charge in [-0.15, -0.1) is 11.3 Å². The largest absolute Gasteiger partial charge is 0.497 e. The maximum Gasteiger partial charge on any atom is 0.259 e. The first kappa shape index (κ1) is 22.2. The standard InChI is InChI=1S/C24H27N3O4S/c1-15-22-19(14-32-15)24(30)26-20(25-22)4-3-5-21(28)27-12-10-17(11-13-27)23(29)16-6-8-18(31-2)9-7-16/h6-9,14,17H,3-5,10-13H2,1-2H3,(H,25,26,30). The highest BCUT2D eigenvalue weighted by atomic mass is 32.1. The Kier molecular flexibility index (Phi) is 6.69. The van der Waals surface area contributed by atoms with Gasteiger partial charge in [0.2, 0.25) is 5.91 Å². The van der Waals surface area contributed by atoms with Crippen LogP contribution in [0.4, 0.5) is 0 Å². The van der Waals surface area contributed by atoms with E-state index in [1.54, 1.807) is 31.4 Å². The number of thiophene rings is 1. The van der Waals surface area contributed by atoms with Crippen molar-refractivity contribution in [2.24, 2.45) is 5.92 Å². The molecule has 0 saturated carbocycles. The number of hydrogen-bond donors (Lipinski definition) is 1. The SMILES string of the molecule is COc1ccc(C(=O)C2CCN(C(=O)CCCc3nc4c(C)scc4c(=O)[nH]3)CC2)cc1. The molecule has 0 radical (unpaired) electrons. The monoisotopic (exact) mass is 453 g/mol. The van der Waals surface area contributed by atoms with Crippen LogP contribution < -0.4 is 10.3 Å². The van der Waals surface area contributed by atoms with Gasteiger partial charge in [-0.25, -0.2) is 4.98 Å². The number of Topliss-reactive ketones (excluding diaryl/α,β-unsaturated/α-hetero) is 1. The van der Waals surface area contributed by atoms with Crippen LogP contribution in [0.5, 0.6) is 5.75 Å². The Morgan fingerprint density at radius 2 is 1.94 bits per heavy atom. The van der Waals surface area contributed by atoms with E-state index in [4.69, 9.17) is 4.74 Å². The smallest absolute Gasteiger partial charge is 0.259 e. The molecule has 2 aromatic heterocycles. The van der Waals surface area contributed by atoms with Gasteiger partial charge < -0.3 is 14.6 Å². The van der Waals surface area contributed by atoms with E-state index in [1.807, 2.05) is 17.2 Å². The molecule has 4 rings (SSSR count). The van der Waals surface area contributed by atoms with Gasteiger partial charge in [0, 0.05) is 47.7 Å². The molecule has 1 saturated heterocycles. The fourth-order valence-corrected chi connectivity index (χ4v) is 4.96. The van der Waals surface area contributed by atoms with Crippen molar-refractivity contribution >= 4 is 33.9 Å². The summed E-state index contributed by atoms with van der Waals surface area (Å²) in [7, 11) is 1.60. The van der Waals surface area contributed by atoms with Crippen LogP contribution in [0, 0.1) is 12.8 Å². The van der Waals surface area contributed by atoms with Gasteiger partial charge in [-0.2, -0.15) is 0 Å². The molecule has 7 nitrogen and oxygen atoms in total. The minimum absolute atomic E-state index is 0.0534. The van der Waals surface area contributed by atoms with E-state index in [0.717, 1.165) is 16.1 Å². The highest BCUT2D eigenvalue weighted by Gasteiger charge is 2.27. The molecule has 32 heavy (non-hydrogen) atoms. The van der Waals surface area contributed by atoms with E-state index in [2.05, 4.69) is 9.97 Å². The number of likely N-dealkylation sites (tertiary alicyclic amines) is 1. The fraction of sp³-hybridized carbons (Fsp3) is 0.417. The maximum atomic E-state index is 12.8. The van der Waals surface area contributed by atoms with Crippen molar-refractivity contribution in [3.8, 4) is 5.75 Å². The third-order valence-corrected chi connectivity index (χ3v) is 6.99. The summed E-state index contributed by atoms with van der Waals surface area (Å²) in [4.78, 5) is 47.8. The quantitative estimate of drug-likeness (QED) is 0.550. The van der Waals surface area contributed by atoms with Crippen LogP contribution in [0.3, 0.4) is 0 Å². The van der Waals surface area contributed by atoms with Crippen LogP contribution >= 0.6 is 11.3 Å². The van der Waals surface area contributed by atoms with Crippen LogP contribution in [0.25, 0.3) is 10.9 Å². The number of carbonyl (C=O) groups excluding carboxylic acids is 2. The number of benzene rings is 1. The summed E-state index contributed by atoms with van der Waals surface area (Å²) in [5.41, 5.74) is 1.32. The van der Waals surface area contributed by atoms with Gasteiger partial charge >= 0.3 is 0 Å². The lowest BCUT2D eigenvalue weighted by molar-refractivity contribution is -0.132. The second-order valence-electron chi connectivity index (χ2n) is 8.17. The molecule has 0 aliphatic carbocycles. The molecule has 0 spiro atoms. The van der Waals surface area contributed by atoms with Crippen molar-refractivity contribution in [2.75, 3.05) is 20.2 Å². The molecule has 1 amide bonds. The minimum Gasteiger partial charge on any atom is -0.497 e. The molecule has 168 valence electrons. The van der Waals surface area contributed by atoms with Crippen LogP contribution in [-0.4, -0.2) is 46.8 Å². The predicted molar refractivity (Wildman–Crippen MR) is 125 cm³/mol. The molecule has 1 aliphatic heterocycles. The second-order valence-corrected chi connectivity index (χ2v) is 9.25. The predicted octanol–water partition coefficient (Wildman–Crippen LogP) is 3.75. The Hall–Kier alpha value is -3.00. The number of carbonyl (C=O) groups is 2. The Morgan fingerprint density at radius 3 is 2.62 bits per heavy atom. The number of aromatic amines is 1. The van der Waals surface area contributed by atoms with Gasteiger partial charge in [0.05, 0.1) is 18.0 Å². The van der Waals surface area contributed by atoms with Gasteiger partial charge in [-0.05, 0) is 50.5 Å². The van der Waals surface area contributed by atoms with E-state index in [9.17, 15) is 14.4 Å². The normalized spacial score (nSPS) is 14.6. The number of methoxy groups -OCH3 is 1. The van der Waals surface area contributed by atoms with E-state index >= 15 is 0 Å². The van der Waals surface area contributed by atoms with Crippen molar-refractivity contribution in [3.05, 3.63) is 56.3 Å². The summed E-state index contributed by atoms with van der Waals surface area (Å²) in [6.07, 6.45) is 2.94. The third-order valence-electron chi connectivity index (χ3n) is 6.09. The number of hydrogen-bond acceptors (Lipinski definition) is 6. The highest BCUT2D eigenvalue weighted by molar-refractivity contribution is 7.11. The highest BCUT2D eigenvalue weighted by Crippen LogP contribution is 2.24. The number of nitrogens with zero attached hydrogens (tertiary/aromatic N) is 2. The number of fused-ring (bicyclic) bond motifs is 1. The zero-order valence-corrected chi connectivity index (χ0v) is 19.2. The number of aryl methyl sites for hydroxylation is 2. The minimum atomic E-state index is -0.121. The first-order valence-corrected chi connectivity index (χ1v) is 11.8. The van der Waals surface area contributed by atoms with Crippen molar-refractivity contribution in [2.45, 2.75) is 39.0 Å². The lowest BCUT2D eigenvalue weighted by Gasteiger charge is -2.31. The number of H-pyrrole nitrogens is 1. The number of nitrogens with one attached hydrogen (secondary N) is 1. The zero-order valence-electron chi connectivity index (χ0n) is 18.3. The van der Waals surface area contributed by atoms with Crippen molar-refractivity contribution in [1.82, 2.24) is 14.9 Å². The maximum absolute atomic E-state index is 12.8. The molecule has 3 aromatic rings. The molecule has 0 unspecified atom stereocenters. The Balaban J connectivity index is 1.26. The zero-order chi connectivity index (χ0) is 22.7. The molecular weight excluding hydrogens is 426 g/mol. The van der Waals surface area contributed by atoms with Gasteiger partial charge in [-0.3, -0.25) is 14.4 Å². The van der Waals surface area contributed by atoms with Crippen LogP contribution in [0.2, 0.25) is 0 Å². The molecule has 1 N–H and O–H groups in total. The average Bonchev–Trinajstić information content (AvgIpc) is 3.20. The lowest BCUT2D eigenvalue weighted by atomic mass is 9.88. The first-order chi connectivity index (χ1) is 15.5. The summed E-state index contributed by atoms with van der Waals surface area (Å²) in [6, 6.07) is 7.19. The molecule has 1 fully saturated rings. The Bertz CT molecular complexity index is 1170. The van der Waals surface area contributed by atoms with Crippen LogP contribution in [-0.2, 0) is 11.2 Å². The molecule has 0 bridgehead atoms. The van der Waals surface area contributed by atoms with E-state index in [-0.39, 0.29) is 23.2 Å². The number of rotatable bonds is 7. The van der Waals surface area contributed by atoms with Crippen LogP contribution in [0.1, 0.15) is 46.7 Å². The second kappa shape index (κ2) is 9.65. The van der Waals surface area contributed by atoms with Crippen LogP contribution in [0.15, 0.2) is 34.4 Å². The van der Waals surface area contributed by atoms with E-state index in [0.29, 0.717) is 62.0 Å². The summed E-state index contributed by atoms with van der Waals surface area (Å²) in [6.45, 7) is 3.15. The number of ketones is 1. The van der Waals surface area contributed by atoms with E-state index < -0.39 is 0 Å². The average molecular weight is 454 g/mol. The summed E-state index contributed by atoms with van der Waals surface area (Å²) in [5, 5.41) is 2.45. The molecule has 3 heterocycles. The van der Waals surface area contributed by atoms with Crippen molar-refractivity contribution in [3.63, 3.8) is 0 Å². The molecule has 1 aliphatic rings. The first-order valence-electron chi connectivity index (χ1n) is 10.9. The topological polar surface area (TPSA) is 92.4 Å². The number of ether oxygens (including phenoxy) is 1. The number of amides is 1. The molecule has 1 aromatic carbocycles. The van der Waals surface area contributed by atoms with E-state index in [1.165, 1.54) is 11.3 Å². The Morgan fingerprint density at radius 1 is 1.22 bits per heavy atom. The molecule has 0 atom stereocenters. The van der Waals surface area contributed by atoms with Gasteiger partial charge in [-0.1, -0.05) is 0 Å². The lowest BCUT2D eigenvalue weighted by Crippen LogP contribution is -2.40. The molecule has 8 heteroatoms. The molecular formula is C24H27N3O4S. The number of aromatic nitrogens is 2. The third kappa shape index (κ3) is 4.75. The summed E-state index contributed by atoms with van der Waals surface area (Å²) in [5.74, 6) is 1.53. The van der Waals surface area contributed by atoms with Gasteiger partial charge in [0.1, 0.15) is 11.6 Å². The fourth-order valence-electron chi connectivity index (χ4n) is 4.18. The van der Waals surface area contributed by atoms with Crippen molar-refractivity contribution < 1.29 is 14.3 Å². The van der Waals surface area contributed by atoms with Crippen molar-refractivity contribution in [1.29, 1.82) is 0 Å². The Labute approximate surface area is 190 Å². The van der Waals surface area contributed by atoms with Gasteiger partial charge in [0.25, 0.3) is 5.56 Å². The summed E-state index contributed by atoms with van der Waals surface area (Å²) < 4.78 is 5.15. The van der Waals surface area contributed by atoms with Gasteiger partial charge in [0.15, 0.2) is 5.78 Å².